The normalized spacial score (nSPS) is 17.1. The lowest BCUT2D eigenvalue weighted by Crippen LogP contribution is -2.55. The van der Waals surface area contributed by atoms with Crippen LogP contribution in [-0.4, -0.2) is 70.6 Å². The Morgan fingerprint density at radius 3 is 2.87 bits per heavy atom. The third-order valence-electron chi connectivity index (χ3n) is 4.67. The summed E-state index contributed by atoms with van der Waals surface area (Å²) in [6, 6.07) is 6.55. The summed E-state index contributed by atoms with van der Waals surface area (Å²) < 4.78 is 5.09. The zero-order valence-corrected chi connectivity index (χ0v) is 17.0. The van der Waals surface area contributed by atoms with Crippen LogP contribution >= 0.6 is 11.3 Å². The minimum Gasteiger partial charge on any atom is -0.497 e. The number of anilines is 3. The lowest BCUT2D eigenvalue weighted by Gasteiger charge is -2.39. The number of ether oxygens (including phenoxy) is 1. The maximum atomic E-state index is 12.2. The predicted octanol–water partition coefficient (Wildman–Crippen LogP) is 1.32. The maximum absolute atomic E-state index is 12.2. The Hall–Kier alpha value is -3.22. The van der Waals surface area contributed by atoms with Crippen LogP contribution in [0.15, 0.2) is 29.8 Å². The lowest BCUT2D eigenvalue weighted by molar-refractivity contribution is -0.108. The minimum atomic E-state index is -0.613. The molecule has 1 fully saturated rings. The van der Waals surface area contributed by atoms with Crippen molar-refractivity contribution in [2.75, 3.05) is 49.3 Å². The highest BCUT2D eigenvalue weighted by Gasteiger charge is 2.31. The van der Waals surface area contributed by atoms with E-state index in [0.29, 0.717) is 47.2 Å². The Bertz CT molecular complexity index is 1030. The number of nitrogens with one attached hydrogen (secondary N) is 1. The van der Waals surface area contributed by atoms with E-state index in [1.807, 2.05) is 4.90 Å². The highest BCUT2D eigenvalue weighted by Crippen LogP contribution is 2.28. The van der Waals surface area contributed by atoms with Crippen LogP contribution in [0, 0.1) is 0 Å². The number of thiazole rings is 1. The second kappa shape index (κ2) is 8.65. The number of nitrogen functional groups attached to an aromatic ring is 1. The molecule has 4 N–H and O–H groups in total. The third-order valence-corrected chi connectivity index (χ3v) is 5.39. The predicted molar refractivity (Wildman–Crippen MR) is 113 cm³/mol. The Balaban J connectivity index is 1.41. The van der Waals surface area contributed by atoms with Crippen LogP contribution < -0.4 is 20.7 Å². The first-order valence-electron chi connectivity index (χ1n) is 9.19. The molecule has 11 nitrogen and oxygen atoms in total. The van der Waals surface area contributed by atoms with Crippen LogP contribution in [-0.2, 0) is 4.84 Å². The number of benzene rings is 1. The van der Waals surface area contributed by atoms with Crippen molar-refractivity contribution in [3.63, 3.8) is 0 Å². The molecular weight excluding hydrogens is 410 g/mol. The fourth-order valence-electron chi connectivity index (χ4n) is 3.24. The number of nitrogens with zero attached hydrogens (tertiary/aromatic N) is 5. The Morgan fingerprint density at radius 2 is 2.13 bits per heavy atom. The number of rotatable bonds is 5. The maximum Gasteiger partial charge on any atom is 0.430 e. The number of piperazine rings is 1. The Kier molecular flexibility index (Phi) is 5.79. The summed E-state index contributed by atoms with van der Waals surface area (Å²) >= 11 is 1.37. The monoisotopic (exact) mass is 431 g/mol. The van der Waals surface area contributed by atoms with Gasteiger partial charge in [0.05, 0.1) is 38.4 Å². The van der Waals surface area contributed by atoms with Crippen molar-refractivity contribution in [3.05, 3.63) is 29.8 Å². The van der Waals surface area contributed by atoms with E-state index in [-0.39, 0.29) is 18.6 Å². The van der Waals surface area contributed by atoms with Crippen LogP contribution in [0.5, 0.6) is 5.75 Å². The summed E-state index contributed by atoms with van der Waals surface area (Å²) in [5, 5.41) is 14.1. The second-order valence-corrected chi connectivity index (χ2v) is 7.39. The van der Waals surface area contributed by atoms with Crippen LogP contribution in [0.3, 0.4) is 0 Å². The van der Waals surface area contributed by atoms with Gasteiger partial charge in [-0.15, -0.1) is 16.4 Å². The number of carbonyl (C=O) groups is 1. The fourth-order valence-corrected chi connectivity index (χ4v) is 3.90. The molecule has 4 rings (SSSR count). The van der Waals surface area contributed by atoms with E-state index >= 15 is 0 Å². The van der Waals surface area contributed by atoms with Gasteiger partial charge in [-0.1, -0.05) is 0 Å². The Labute approximate surface area is 176 Å². The van der Waals surface area contributed by atoms with Gasteiger partial charge in [-0.25, -0.2) is 14.8 Å². The number of aliphatic hydroxyl groups is 1. The SMILES string of the molecule is COc1ccc(NC(=O)ON2CCN(c3nc(N)nc4scnc34)C(CO)C2)cc1. The van der Waals surface area contributed by atoms with Crippen molar-refractivity contribution in [1.29, 1.82) is 0 Å². The molecule has 1 aliphatic heterocycles. The van der Waals surface area contributed by atoms with Gasteiger partial charge < -0.3 is 25.3 Å². The van der Waals surface area contributed by atoms with Crippen LogP contribution in [0.1, 0.15) is 0 Å². The van der Waals surface area contributed by atoms with Gasteiger partial charge >= 0.3 is 6.09 Å². The van der Waals surface area contributed by atoms with E-state index in [2.05, 4.69) is 20.3 Å². The molecule has 0 saturated carbocycles. The number of aliphatic hydroxyl groups excluding tert-OH is 1. The van der Waals surface area contributed by atoms with Gasteiger partial charge in [0.1, 0.15) is 11.3 Å². The highest BCUT2D eigenvalue weighted by atomic mass is 32.1. The number of carbonyl (C=O) groups excluding carboxylic acids is 1. The first-order valence-corrected chi connectivity index (χ1v) is 10.1. The molecule has 1 aliphatic rings. The van der Waals surface area contributed by atoms with Crippen molar-refractivity contribution < 1.29 is 19.5 Å². The molecule has 12 heteroatoms. The molecular formula is C18H21N7O4S. The van der Waals surface area contributed by atoms with E-state index in [1.165, 1.54) is 16.4 Å². The molecule has 0 aliphatic carbocycles. The van der Waals surface area contributed by atoms with Gasteiger partial charge in [0.15, 0.2) is 10.6 Å². The molecule has 1 aromatic carbocycles. The molecule has 158 valence electrons. The number of aromatic nitrogens is 3. The number of methoxy groups -OCH3 is 1. The average molecular weight is 431 g/mol. The number of amides is 1. The molecule has 1 atom stereocenters. The zero-order valence-electron chi connectivity index (χ0n) is 16.2. The van der Waals surface area contributed by atoms with Crippen molar-refractivity contribution >= 4 is 45.2 Å². The number of hydrogen-bond donors (Lipinski definition) is 3. The van der Waals surface area contributed by atoms with Crippen LogP contribution in [0.4, 0.5) is 22.2 Å². The van der Waals surface area contributed by atoms with Gasteiger partial charge in [0.2, 0.25) is 5.95 Å². The van der Waals surface area contributed by atoms with Crippen LogP contribution in [0.25, 0.3) is 10.3 Å². The molecule has 1 saturated heterocycles. The summed E-state index contributed by atoms with van der Waals surface area (Å²) in [4.78, 5) is 33.1. The quantitative estimate of drug-likeness (QED) is 0.542. The molecule has 1 amide bonds. The van der Waals surface area contributed by atoms with Gasteiger partial charge in [0, 0.05) is 12.2 Å². The molecule has 0 spiro atoms. The summed E-state index contributed by atoms with van der Waals surface area (Å²) in [6.45, 7) is 1.02. The van der Waals surface area contributed by atoms with Crippen molar-refractivity contribution in [2.45, 2.75) is 6.04 Å². The van der Waals surface area contributed by atoms with E-state index in [0.717, 1.165) is 0 Å². The summed E-state index contributed by atoms with van der Waals surface area (Å²) in [5.74, 6) is 1.41. The Morgan fingerprint density at radius 1 is 1.33 bits per heavy atom. The largest absolute Gasteiger partial charge is 0.497 e. The topological polar surface area (TPSA) is 139 Å². The van der Waals surface area contributed by atoms with Gasteiger partial charge in [-0.3, -0.25) is 5.32 Å². The zero-order chi connectivity index (χ0) is 21.1. The van der Waals surface area contributed by atoms with Crippen molar-refractivity contribution in [3.8, 4) is 5.75 Å². The molecule has 0 bridgehead atoms. The number of hydroxylamine groups is 2. The first kappa shape index (κ1) is 20.1. The molecule has 30 heavy (non-hydrogen) atoms. The van der Waals surface area contributed by atoms with Crippen LogP contribution in [0.2, 0.25) is 0 Å². The second-order valence-electron chi connectivity index (χ2n) is 6.56. The summed E-state index contributed by atoms with van der Waals surface area (Å²) in [7, 11) is 1.57. The average Bonchev–Trinajstić information content (AvgIpc) is 3.22. The van der Waals surface area contributed by atoms with E-state index in [9.17, 15) is 9.90 Å². The summed E-state index contributed by atoms with van der Waals surface area (Å²) in [6.07, 6.45) is -0.613. The molecule has 0 radical (unpaired) electrons. The number of hydrogen-bond acceptors (Lipinski definition) is 11. The number of nitrogens with two attached hydrogens (primary N) is 1. The van der Waals surface area contributed by atoms with Crippen molar-refractivity contribution in [2.24, 2.45) is 0 Å². The van der Waals surface area contributed by atoms with Gasteiger partial charge in [0.25, 0.3) is 0 Å². The van der Waals surface area contributed by atoms with E-state index < -0.39 is 6.09 Å². The smallest absolute Gasteiger partial charge is 0.430 e. The summed E-state index contributed by atoms with van der Waals surface area (Å²) in [5.41, 5.74) is 8.74. The first-order chi connectivity index (χ1) is 14.6. The molecule has 1 unspecified atom stereocenters. The standard InChI is InChI=1S/C18H21N7O4S/c1-28-13-4-2-11(3-5-13)21-18(27)29-24-6-7-25(12(8-24)9-26)15-14-16(30-10-20-14)23-17(19)22-15/h2-5,10,12,26H,6-9H2,1H3,(H,21,27)(H2,19,22,23). The van der Waals surface area contributed by atoms with Gasteiger partial charge in [-0.2, -0.15) is 4.98 Å². The van der Waals surface area contributed by atoms with E-state index in [4.69, 9.17) is 15.3 Å². The number of fused-ring (bicyclic) bond motifs is 1. The fraction of sp³-hybridized carbons (Fsp3) is 0.333. The lowest BCUT2D eigenvalue weighted by atomic mass is 10.2. The van der Waals surface area contributed by atoms with E-state index in [1.54, 1.807) is 36.9 Å². The minimum absolute atomic E-state index is 0.149. The molecule has 3 heterocycles. The highest BCUT2D eigenvalue weighted by molar-refractivity contribution is 7.16. The van der Waals surface area contributed by atoms with Gasteiger partial charge in [-0.05, 0) is 24.3 Å². The molecule has 2 aromatic heterocycles. The van der Waals surface area contributed by atoms with Crippen molar-refractivity contribution in [1.82, 2.24) is 20.0 Å². The molecule has 3 aromatic rings. The third kappa shape index (κ3) is 4.20.